The topological polar surface area (TPSA) is 97.2 Å². The molecule has 3 aliphatic heterocycles. The summed E-state index contributed by atoms with van der Waals surface area (Å²) < 4.78 is 11.7. The Balaban J connectivity index is 1.17. The molecule has 6 rings (SSSR count). The summed E-state index contributed by atoms with van der Waals surface area (Å²) in [5.41, 5.74) is 6.05. The quantitative estimate of drug-likeness (QED) is 0.473. The minimum atomic E-state index is -0.116. The van der Waals surface area contributed by atoms with E-state index in [1.165, 1.54) is 5.69 Å². The van der Waals surface area contributed by atoms with E-state index in [4.69, 9.17) is 9.47 Å². The lowest BCUT2D eigenvalue weighted by Crippen LogP contribution is -2.37. The van der Waals surface area contributed by atoms with E-state index in [-0.39, 0.29) is 17.9 Å². The largest absolute Gasteiger partial charge is 0.487 e. The molecule has 2 atom stereocenters. The lowest BCUT2D eigenvalue weighted by Gasteiger charge is -2.28. The lowest BCUT2D eigenvalue weighted by molar-refractivity contribution is -0.131. The molecule has 0 radical (unpaired) electrons. The number of rotatable bonds is 7. The van der Waals surface area contributed by atoms with Crippen LogP contribution in [0.2, 0.25) is 0 Å². The Bertz CT molecular complexity index is 1470. The molecule has 0 spiro atoms. The van der Waals surface area contributed by atoms with Crippen molar-refractivity contribution >= 4 is 23.6 Å². The number of hydrogen-bond acceptors (Lipinski definition) is 7. The van der Waals surface area contributed by atoms with Crippen LogP contribution in [0.5, 0.6) is 5.75 Å². The standard InChI is InChI=1S/C32H36N6O3/c1-36(2)21-31(39)38-12-10-26(20-38)41-30-8-5-23(17-24(30)19-33)27-9-11-34-32-28(27)18-29(35-32)22-3-6-25(7-4-22)37-13-15-40-16-14-37/h3-8,11,17-18,26-27,35H,9-10,12-16,20-21H2,1-2H3/t26-,27+/m1/s1. The van der Waals surface area contributed by atoms with Gasteiger partial charge in [-0.25, -0.2) is 4.99 Å². The highest BCUT2D eigenvalue weighted by atomic mass is 16.5. The summed E-state index contributed by atoms with van der Waals surface area (Å²) >= 11 is 0. The molecule has 3 aromatic rings. The number of ether oxygens (including phenoxy) is 2. The first-order valence-corrected chi connectivity index (χ1v) is 14.3. The summed E-state index contributed by atoms with van der Waals surface area (Å²) in [5.74, 6) is 1.63. The van der Waals surface area contributed by atoms with Crippen molar-refractivity contribution in [2.45, 2.75) is 24.9 Å². The number of H-pyrrole nitrogens is 1. The number of aromatic nitrogens is 1. The number of hydrogen-bond donors (Lipinski definition) is 1. The molecule has 4 heterocycles. The van der Waals surface area contributed by atoms with Gasteiger partial charge in [0.05, 0.1) is 31.9 Å². The fraction of sp³-hybridized carbons (Fsp3) is 0.406. The highest BCUT2D eigenvalue weighted by Gasteiger charge is 2.29. The number of likely N-dealkylation sites (N-methyl/N-ethyl adjacent to an activating group) is 1. The number of likely N-dealkylation sites (tertiary alicyclic amines) is 1. The molecule has 212 valence electrons. The van der Waals surface area contributed by atoms with Crippen LogP contribution >= 0.6 is 0 Å². The molecule has 9 nitrogen and oxygen atoms in total. The van der Waals surface area contributed by atoms with Crippen molar-refractivity contribution in [3.63, 3.8) is 0 Å². The average Bonchev–Trinajstić information content (AvgIpc) is 3.65. The fourth-order valence-corrected chi connectivity index (χ4v) is 5.91. The van der Waals surface area contributed by atoms with Crippen molar-refractivity contribution < 1.29 is 14.3 Å². The van der Waals surface area contributed by atoms with Gasteiger partial charge in [-0.2, -0.15) is 5.26 Å². The second kappa shape index (κ2) is 11.8. The van der Waals surface area contributed by atoms with E-state index in [1.807, 2.05) is 42.2 Å². The highest BCUT2D eigenvalue weighted by Crippen LogP contribution is 2.41. The summed E-state index contributed by atoms with van der Waals surface area (Å²) in [6.07, 6.45) is 3.35. The van der Waals surface area contributed by atoms with Crippen molar-refractivity contribution in [1.82, 2.24) is 14.8 Å². The summed E-state index contributed by atoms with van der Waals surface area (Å²) in [7, 11) is 3.78. The number of morpholine rings is 1. The van der Waals surface area contributed by atoms with Gasteiger partial charge < -0.3 is 29.2 Å². The zero-order valence-corrected chi connectivity index (χ0v) is 23.7. The predicted molar refractivity (Wildman–Crippen MR) is 159 cm³/mol. The van der Waals surface area contributed by atoms with E-state index in [9.17, 15) is 10.1 Å². The monoisotopic (exact) mass is 552 g/mol. The molecule has 2 fully saturated rings. The third kappa shape index (κ3) is 5.85. The molecule has 0 aliphatic carbocycles. The number of nitrogens with one attached hydrogen (secondary N) is 1. The highest BCUT2D eigenvalue weighted by molar-refractivity contribution is 5.78. The van der Waals surface area contributed by atoms with Crippen LogP contribution in [0.3, 0.4) is 0 Å². The van der Waals surface area contributed by atoms with Crippen molar-refractivity contribution in [2.75, 3.05) is 64.9 Å². The third-order valence-electron chi connectivity index (χ3n) is 8.09. The van der Waals surface area contributed by atoms with E-state index >= 15 is 0 Å². The number of benzene rings is 2. The Hall–Kier alpha value is -4.13. The summed E-state index contributed by atoms with van der Waals surface area (Å²) in [5, 5.41) is 9.98. The van der Waals surface area contributed by atoms with Crippen LogP contribution in [0.1, 0.15) is 35.4 Å². The van der Waals surface area contributed by atoms with Crippen LogP contribution in [-0.4, -0.2) is 93.0 Å². The van der Waals surface area contributed by atoms with E-state index in [2.05, 4.69) is 57.3 Å². The molecule has 0 saturated carbocycles. The van der Waals surface area contributed by atoms with Gasteiger partial charge in [0.25, 0.3) is 0 Å². The maximum Gasteiger partial charge on any atom is 0.236 e. The van der Waals surface area contributed by atoms with Gasteiger partial charge in [-0.15, -0.1) is 0 Å². The van der Waals surface area contributed by atoms with Gasteiger partial charge >= 0.3 is 0 Å². The van der Waals surface area contributed by atoms with E-state index < -0.39 is 0 Å². The number of amides is 1. The van der Waals surface area contributed by atoms with Crippen LogP contribution < -0.4 is 9.64 Å². The van der Waals surface area contributed by atoms with Gasteiger partial charge in [-0.05, 0) is 62.0 Å². The molecule has 1 aromatic heterocycles. The molecule has 2 aromatic carbocycles. The van der Waals surface area contributed by atoms with Crippen molar-refractivity contribution in [3.8, 4) is 23.1 Å². The molecule has 0 unspecified atom stereocenters. The van der Waals surface area contributed by atoms with Crippen molar-refractivity contribution in [1.29, 1.82) is 5.26 Å². The number of aliphatic imine (C=N–C) groups is 1. The normalized spacial score (nSPS) is 20.2. The zero-order valence-electron chi connectivity index (χ0n) is 23.7. The van der Waals surface area contributed by atoms with E-state index in [1.54, 1.807) is 0 Å². The fourth-order valence-electron chi connectivity index (χ4n) is 5.91. The van der Waals surface area contributed by atoms with Crippen LogP contribution in [0.4, 0.5) is 11.5 Å². The summed E-state index contributed by atoms with van der Waals surface area (Å²) in [4.78, 5) is 26.6. The van der Waals surface area contributed by atoms with Crippen LogP contribution in [0.15, 0.2) is 53.5 Å². The Morgan fingerprint density at radius 1 is 1.15 bits per heavy atom. The molecule has 1 amide bonds. The molecular weight excluding hydrogens is 516 g/mol. The second-order valence-electron chi connectivity index (χ2n) is 11.2. The Morgan fingerprint density at radius 3 is 2.71 bits per heavy atom. The lowest BCUT2D eigenvalue weighted by atomic mass is 9.87. The smallest absolute Gasteiger partial charge is 0.236 e. The zero-order chi connectivity index (χ0) is 28.3. The van der Waals surface area contributed by atoms with Crippen LogP contribution in [0, 0.1) is 11.3 Å². The van der Waals surface area contributed by atoms with Crippen LogP contribution in [-0.2, 0) is 9.53 Å². The third-order valence-corrected chi connectivity index (χ3v) is 8.09. The molecule has 1 N–H and O–H groups in total. The predicted octanol–water partition coefficient (Wildman–Crippen LogP) is 4.17. The maximum absolute atomic E-state index is 12.4. The van der Waals surface area contributed by atoms with Crippen LogP contribution in [0.25, 0.3) is 11.3 Å². The summed E-state index contributed by atoms with van der Waals surface area (Å²) in [6, 6.07) is 19.1. The van der Waals surface area contributed by atoms with Gasteiger partial charge in [0.15, 0.2) is 0 Å². The number of nitriles is 1. The molecule has 9 heteroatoms. The van der Waals surface area contributed by atoms with Gasteiger partial charge in [0, 0.05) is 55.1 Å². The first-order chi connectivity index (χ1) is 20.0. The van der Waals surface area contributed by atoms with Crippen molar-refractivity contribution in [2.24, 2.45) is 4.99 Å². The molecule has 0 bridgehead atoms. The Labute approximate surface area is 241 Å². The number of carbonyl (C=O) groups is 1. The van der Waals surface area contributed by atoms with Gasteiger partial charge in [0.1, 0.15) is 23.7 Å². The van der Waals surface area contributed by atoms with E-state index in [0.29, 0.717) is 30.9 Å². The number of carbonyl (C=O) groups excluding carboxylic acids is 1. The Kier molecular flexibility index (Phi) is 7.77. The first kappa shape index (κ1) is 27.1. The molecule has 2 saturated heterocycles. The minimum Gasteiger partial charge on any atom is -0.487 e. The van der Waals surface area contributed by atoms with Gasteiger partial charge in [0.2, 0.25) is 5.91 Å². The van der Waals surface area contributed by atoms with Crippen molar-refractivity contribution in [3.05, 3.63) is 65.2 Å². The average molecular weight is 553 g/mol. The first-order valence-electron chi connectivity index (χ1n) is 14.3. The molecule has 3 aliphatic rings. The second-order valence-corrected chi connectivity index (χ2v) is 11.2. The van der Waals surface area contributed by atoms with Gasteiger partial charge in [-0.1, -0.05) is 18.2 Å². The van der Waals surface area contributed by atoms with Gasteiger partial charge in [-0.3, -0.25) is 4.79 Å². The maximum atomic E-state index is 12.4. The Morgan fingerprint density at radius 2 is 1.95 bits per heavy atom. The minimum absolute atomic E-state index is 0.0897. The molecule has 41 heavy (non-hydrogen) atoms. The molecular formula is C32H36N6O3. The SMILES string of the molecule is CN(C)CC(=O)N1CC[C@@H](Oc2ccc([C@@H]3CC=Nc4[nH]c(-c5ccc(N6CCOCC6)cc5)cc43)cc2C#N)C1. The number of fused-ring (bicyclic) bond motifs is 1. The number of anilines is 1. The summed E-state index contributed by atoms with van der Waals surface area (Å²) in [6.45, 7) is 4.96. The number of aromatic amines is 1. The number of nitrogens with zero attached hydrogens (tertiary/aromatic N) is 5. The van der Waals surface area contributed by atoms with E-state index in [0.717, 1.165) is 67.3 Å².